The maximum Gasteiger partial charge on any atom is 0.228 e. The molecule has 2 rings (SSSR count). The predicted octanol–water partition coefficient (Wildman–Crippen LogP) is 1.06. The van der Waals surface area contributed by atoms with Gasteiger partial charge in [-0.25, -0.2) is 0 Å². The Kier molecular flexibility index (Phi) is 1.93. The van der Waals surface area contributed by atoms with Crippen molar-refractivity contribution in [2.24, 2.45) is 0 Å². The molecule has 0 saturated heterocycles. The second kappa shape index (κ2) is 3.24. The van der Waals surface area contributed by atoms with E-state index in [-0.39, 0.29) is 5.91 Å². The molecule has 1 aliphatic rings. The van der Waals surface area contributed by atoms with Gasteiger partial charge >= 0.3 is 0 Å². The molecule has 1 N–H and O–H groups in total. The molecule has 1 aromatic carbocycles. The molecule has 1 heterocycles. The van der Waals surface area contributed by atoms with Gasteiger partial charge in [0.25, 0.3) is 0 Å². The summed E-state index contributed by atoms with van der Waals surface area (Å²) in [7, 11) is 0. The van der Waals surface area contributed by atoms with Crippen molar-refractivity contribution in [3.05, 3.63) is 29.3 Å². The molecular formula is C11H6N2O. The number of nitriles is 1. The molecule has 66 valence electrons. The first-order valence-electron chi connectivity index (χ1n) is 4.12. The largest absolute Gasteiger partial charge is 0.326 e. The molecule has 1 amide bonds. The van der Waals surface area contributed by atoms with Gasteiger partial charge in [0.1, 0.15) is 0 Å². The zero-order valence-corrected chi connectivity index (χ0v) is 7.29. The van der Waals surface area contributed by atoms with Crippen molar-refractivity contribution in [3.8, 4) is 17.9 Å². The first kappa shape index (κ1) is 8.34. The fourth-order valence-corrected chi connectivity index (χ4v) is 1.41. The number of carbonyl (C=O) groups is 1. The molecule has 0 saturated carbocycles. The molecule has 0 aliphatic carbocycles. The Balaban J connectivity index is 2.39. The smallest absolute Gasteiger partial charge is 0.228 e. The van der Waals surface area contributed by atoms with Gasteiger partial charge in [-0.1, -0.05) is 5.92 Å². The highest BCUT2D eigenvalue weighted by Crippen LogP contribution is 2.23. The van der Waals surface area contributed by atoms with Crippen LogP contribution in [0.25, 0.3) is 0 Å². The lowest BCUT2D eigenvalue weighted by molar-refractivity contribution is -0.115. The minimum Gasteiger partial charge on any atom is -0.326 e. The highest BCUT2D eigenvalue weighted by Gasteiger charge is 2.16. The third-order valence-corrected chi connectivity index (χ3v) is 1.99. The SMILES string of the molecule is N#CC#Cc1ccc2c(c1)CC(=O)N2. The van der Waals surface area contributed by atoms with Gasteiger partial charge in [-0.05, 0) is 23.8 Å². The highest BCUT2D eigenvalue weighted by molar-refractivity contribution is 5.99. The van der Waals surface area contributed by atoms with E-state index in [1.165, 1.54) is 0 Å². The Bertz CT molecular complexity index is 500. The second-order valence-electron chi connectivity index (χ2n) is 2.96. The first-order chi connectivity index (χ1) is 6.79. The van der Waals surface area contributed by atoms with E-state index >= 15 is 0 Å². The molecule has 0 fully saturated rings. The molecule has 0 spiro atoms. The lowest BCUT2D eigenvalue weighted by atomic mass is 10.1. The quantitative estimate of drug-likeness (QED) is 0.610. The highest BCUT2D eigenvalue weighted by atomic mass is 16.1. The fourth-order valence-electron chi connectivity index (χ4n) is 1.41. The van der Waals surface area contributed by atoms with Gasteiger partial charge in [0.15, 0.2) is 6.07 Å². The van der Waals surface area contributed by atoms with Gasteiger partial charge in [0.05, 0.1) is 6.42 Å². The summed E-state index contributed by atoms with van der Waals surface area (Å²) in [5.74, 6) is 5.01. The Labute approximate surface area is 81.4 Å². The summed E-state index contributed by atoms with van der Waals surface area (Å²) in [6.45, 7) is 0. The van der Waals surface area contributed by atoms with Crippen molar-refractivity contribution in [1.82, 2.24) is 0 Å². The number of benzene rings is 1. The predicted molar refractivity (Wildman–Crippen MR) is 51.3 cm³/mol. The lowest BCUT2D eigenvalue weighted by Gasteiger charge is -1.97. The molecule has 0 bridgehead atoms. The van der Waals surface area contributed by atoms with E-state index in [0.717, 1.165) is 16.8 Å². The molecule has 0 atom stereocenters. The van der Waals surface area contributed by atoms with E-state index in [0.29, 0.717) is 6.42 Å². The van der Waals surface area contributed by atoms with Crippen molar-refractivity contribution in [2.75, 3.05) is 5.32 Å². The van der Waals surface area contributed by atoms with E-state index in [4.69, 9.17) is 5.26 Å². The van der Waals surface area contributed by atoms with E-state index in [2.05, 4.69) is 17.2 Å². The average Bonchev–Trinajstić information content (AvgIpc) is 2.54. The summed E-state index contributed by atoms with van der Waals surface area (Å²) in [6.07, 6.45) is 0.400. The van der Waals surface area contributed by atoms with E-state index in [9.17, 15) is 4.79 Å². The van der Waals surface area contributed by atoms with Gasteiger partial charge in [-0.15, -0.1) is 0 Å². The Hall–Kier alpha value is -2.26. The summed E-state index contributed by atoms with van der Waals surface area (Å²) in [5.41, 5.74) is 2.55. The normalized spacial score (nSPS) is 12.1. The molecule has 0 radical (unpaired) electrons. The molecule has 3 nitrogen and oxygen atoms in total. The van der Waals surface area contributed by atoms with Gasteiger partial charge in [0.2, 0.25) is 5.91 Å². The van der Waals surface area contributed by atoms with Crippen LogP contribution in [0.1, 0.15) is 11.1 Å². The number of nitrogens with one attached hydrogen (secondary N) is 1. The van der Waals surface area contributed by atoms with Crippen LogP contribution in [0.5, 0.6) is 0 Å². The average molecular weight is 182 g/mol. The van der Waals surface area contributed by atoms with Gasteiger partial charge < -0.3 is 5.32 Å². The third-order valence-electron chi connectivity index (χ3n) is 1.99. The van der Waals surface area contributed by atoms with Crippen LogP contribution in [0, 0.1) is 23.2 Å². The number of rotatable bonds is 0. The zero-order valence-electron chi connectivity index (χ0n) is 7.29. The molecular weight excluding hydrogens is 176 g/mol. The standard InChI is InChI=1S/C11H6N2O/c12-5-1-2-8-3-4-10-9(6-8)7-11(14)13-10/h3-4,6H,7H2,(H,13,14). The van der Waals surface area contributed by atoms with Crippen LogP contribution >= 0.6 is 0 Å². The van der Waals surface area contributed by atoms with Crippen LogP contribution in [0.3, 0.4) is 0 Å². The monoisotopic (exact) mass is 182 g/mol. The number of amides is 1. The minimum absolute atomic E-state index is 0.00499. The lowest BCUT2D eigenvalue weighted by Crippen LogP contribution is -2.03. The maximum absolute atomic E-state index is 11.0. The number of carbonyl (C=O) groups excluding carboxylic acids is 1. The summed E-state index contributed by atoms with van der Waals surface area (Å²) in [4.78, 5) is 11.0. The van der Waals surface area contributed by atoms with Crippen molar-refractivity contribution < 1.29 is 4.79 Å². The van der Waals surface area contributed by atoms with Crippen LogP contribution < -0.4 is 5.32 Å². The Morgan fingerprint density at radius 3 is 3.07 bits per heavy atom. The van der Waals surface area contributed by atoms with Crippen LogP contribution in [0.4, 0.5) is 5.69 Å². The fraction of sp³-hybridized carbons (Fsp3) is 0.0909. The summed E-state index contributed by atoms with van der Waals surface area (Å²) in [6, 6.07) is 7.17. The molecule has 1 aromatic rings. The summed E-state index contributed by atoms with van der Waals surface area (Å²) >= 11 is 0. The second-order valence-corrected chi connectivity index (χ2v) is 2.96. The van der Waals surface area contributed by atoms with E-state index in [1.54, 1.807) is 12.1 Å². The molecule has 0 unspecified atom stereocenters. The molecule has 0 aromatic heterocycles. The van der Waals surface area contributed by atoms with Crippen LogP contribution in [-0.2, 0) is 11.2 Å². The first-order valence-corrected chi connectivity index (χ1v) is 4.12. The van der Waals surface area contributed by atoms with Crippen molar-refractivity contribution >= 4 is 11.6 Å². The van der Waals surface area contributed by atoms with Gasteiger partial charge in [0, 0.05) is 17.2 Å². The van der Waals surface area contributed by atoms with E-state index in [1.807, 2.05) is 12.1 Å². The molecule has 14 heavy (non-hydrogen) atoms. The minimum atomic E-state index is 0.00499. The molecule has 3 heteroatoms. The van der Waals surface area contributed by atoms with E-state index < -0.39 is 0 Å². The maximum atomic E-state index is 11.0. The third kappa shape index (κ3) is 1.44. The topological polar surface area (TPSA) is 52.9 Å². The summed E-state index contributed by atoms with van der Waals surface area (Å²) in [5, 5.41) is 11.0. The number of fused-ring (bicyclic) bond motifs is 1. The number of anilines is 1. The van der Waals surface area contributed by atoms with Gasteiger partial charge in [-0.3, -0.25) is 4.79 Å². The Morgan fingerprint density at radius 1 is 1.43 bits per heavy atom. The number of hydrogen-bond donors (Lipinski definition) is 1. The van der Waals surface area contributed by atoms with Crippen molar-refractivity contribution in [1.29, 1.82) is 5.26 Å². The Morgan fingerprint density at radius 2 is 2.29 bits per heavy atom. The van der Waals surface area contributed by atoms with Crippen LogP contribution in [-0.4, -0.2) is 5.91 Å². The summed E-state index contributed by atoms with van der Waals surface area (Å²) < 4.78 is 0. The zero-order chi connectivity index (χ0) is 9.97. The number of hydrogen-bond acceptors (Lipinski definition) is 2. The van der Waals surface area contributed by atoms with Crippen molar-refractivity contribution in [2.45, 2.75) is 6.42 Å². The van der Waals surface area contributed by atoms with Crippen LogP contribution in [0.15, 0.2) is 18.2 Å². The van der Waals surface area contributed by atoms with Gasteiger partial charge in [-0.2, -0.15) is 5.26 Å². The molecule has 1 aliphatic heterocycles. The number of nitrogens with zero attached hydrogens (tertiary/aromatic N) is 1. The van der Waals surface area contributed by atoms with Crippen LogP contribution in [0.2, 0.25) is 0 Å². The van der Waals surface area contributed by atoms with Crippen molar-refractivity contribution in [3.63, 3.8) is 0 Å².